The summed E-state index contributed by atoms with van der Waals surface area (Å²) in [5.74, 6) is -12.5. The Balaban J connectivity index is 1.39. The Labute approximate surface area is 483 Å². The fraction of sp³-hybridized carbons (Fsp3) is 0.932. The molecule has 0 bridgehead atoms. The van der Waals surface area contributed by atoms with Crippen molar-refractivity contribution in [2.45, 2.75) is 215 Å². The molecule has 6 fully saturated rings. The molecule has 6 rings (SSSR count). The summed E-state index contributed by atoms with van der Waals surface area (Å²) in [5, 5.41) is 239. The molecule has 0 aliphatic carbocycles. The Hall–Kier alpha value is -2.96. The highest BCUT2D eigenvalue weighted by Gasteiger charge is 2.63. The van der Waals surface area contributed by atoms with E-state index in [4.69, 9.17) is 56.7 Å². The van der Waals surface area contributed by atoms with Gasteiger partial charge in [0, 0.05) is 19.8 Å². The predicted molar refractivity (Wildman–Crippen MR) is 256 cm³/mol. The van der Waals surface area contributed by atoms with Gasteiger partial charge in [-0.2, -0.15) is 8.42 Å². The second-order valence-electron chi connectivity index (χ2n) is 20.9. The lowest BCUT2D eigenvalue weighted by molar-refractivity contribution is -0.407. The van der Waals surface area contributed by atoms with Crippen LogP contribution in [-0.2, 0) is 81.1 Å². The Morgan fingerprint density at radius 1 is 0.523 bits per heavy atom. The number of carboxylic acids is 2. The Morgan fingerprint density at radius 3 is 1.41 bits per heavy atom. The number of aliphatic carboxylic acids is 2. The van der Waals surface area contributed by atoms with E-state index in [9.17, 15) is 135 Å². The summed E-state index contributed by atoms with van der Waals surface area (Å²) < 4.78 is 97.7. The minimum Gasteiger partial charge on any atom is -0.477 e. The molecule has 6 aliphatic rings. The summed E-state index contributed by atoms with van der Waals surface area (Å²) in [7, 11) is -5.28. The highest BCUT2D eigenvalue weighted by Crippen LogP contribution is 2.42. The average molecular weight is 1290 g/mol. The van der Waals surface area contributed by atoms with Crippen molar-refractivity contribution in [3.05, 3.63) is 0 Å². The first-order valence-electron chi connectivity index (χ1n) is 26.1. The number of ether oxygens (including phenoxy) is 11. The van der Waals surface area contributed by atoms with E-state index in [0.29, 0.717) is 0 Å². The van der Waals surface area contributed by atoms with Gasteiger partial charge in [-0.05, 0) is 0 Å². The van der Waals surface area contributed by atoms with Gasteiger partial charge in [0.05, 0.1) is 51.8 Å². The largest absolute Gasteiger partial charge is 0.477 e. The van der Waals surface area contributed by atoms with Gasteiger partial charge in [-0.1, -0.05) is 0 Å². The first-order valence-corrected chi connectivity index (χ1v) is 27.4. The van der Waals surface area contributed by atoms with E-state index in [-0.39, 0.29) is 0 Å². The monoisotopic (exact) mass is 1290 g/mol. The third-order valence-electron chi connectivity index (χ3n) is 15.0. The van der Waals surface area contributed by atoms with Crippen molar-refractivity contribution in [1.82, 2.24) is 5.32 Å². The molecule has 0 aromatic heterocycles. The standard InChI is InChI=1S/C44H73NO40S/c1-10(51)45-19-32(81-39-28(64)35(25(61)16(6-48)77-39)84-43(41(67)68)2-11(52)21(57)34(83-43)23(59)14(55)9-74-86(71,72)73)24(60)15(5-47)76-38(19)80-31-18(8-50)78-40(79-30-17(7-49)75-37(66)27(63)26(30)62)29(65)36(31)85-44(42(69)70)3-12(53)20(56)33(82-44)22(58)13(54)4-46/h11-40,46-50,52-66H,2-9H2,1H3,(H,45,51)(H,67,68)(H,69,70)(H,71,72,73)/t11-,12-,13+,14+,15+,16+,17+,18+,19+,20+,21+,22+,23+,24-,25-,26+,27+,28+,29+,30+,31-,32+,33+,34+,35-,36+,37+,38-,39-,40-,43-,44-/m0/s1. The molecule has 0 radical (unpaired) electrons. The SMILES string of the molecule is CC(=O)N[C@H]1[C@H](O[C@@H]2[C@H](O[C@]3(C(=O)O)C[C@H](O)[C@@H](O)[C@H]([C@H](O)[C@H](O)CO)O3)[C@@H](O)[C@H](O[C@H]3[C@H](O)[C@@H](O)[C@H](O)O[C@@H]3CO)O[C@@H]2CO)O[C@H](CO)[C@H](O)[C@@H]1O[C@@H]1O[C@H](CO)[C@H](O)[C@H](O[C@]2(C(=O)O)C[C@H](O)[C@@H](O)[C@H]([C@H](O)[C@H](O)COS(=O)(=O)O)O2)[C@H]1O. The number of rotatable bonds is 25. The molecule has 0 aromatic carbocycles. The molecule has 86 heavy (non-hydrogen) atoms. The van der Waals surface area contributed by atoms with E-state index >= 15 is 0 Å². The van der Waals surface area contributed by atoms with E-state index in [1.807, 2.05) is 0 Å². The molecule has 6 aliphatic heterocycles. The number of carbonyl (C=O) groups excluding carboxylic acids is 1. The van der Waals surface area contributed by atoms with Crippen LogP contribution in [0.3, 0.4) is 0 Å². The molecule has 32 atom stereocenters. The molecule has 6 heterocycles. The van der Waals surface area contributed by atoms with Crippen molar-refractivity contribution in [1.29, 1.82) is 0 Å². The highest BCUT2D eigenvalue weighted by molar-refractivity contribution is 7.80. The van der Waals surface area contributed by atoms with E-state index < -0.39 is 276 Å². The normalized spacial score (nSPS) is 45.7. The summed E-state index contributed by atoms with van der Waals surface area (Å²) >= 11 is 0. The smallest absolute Gasteiger partial charge is 0.397 e. The molecule has 24 N–H and O–H groups in total. The molecule has 42 heteroatoms. The number of carboxylic acid groups (broad SMARTS) is 2. The van der Waals surface area contributed by atoms with Gasteiger partial charge in [0.1, 0.15) is 146 Å². The van der Waals surface area contributed by atoms with Gasteiger partial charge < -0.3 is 170 Å². The lowest BCUT2D eigenvalue weighted by Crippen LogP contribution is -2.72. The van der Waals surface area contributed by atoms with Crippen LogP contribution in [0.25, 0.3) is 0 Å². The van der Waals surface area contributed by atoms with E-state index in [1.165, 1.54) is 0 Å². The van der Waals surface area contributed by atoms with Crippen molar-refractivity contribution in [2.24, 2.45) is 0 Å². The van der Waals surface area contributed by atoms with Crippen LogP contribution in [0, 0.1) is 0 Å². The van der Waals surface area contributed by atoms with Crippen LogP contribution in [0.1, 0.15) is 19.8 Å². The Morgan fingerprint density at radius 2 is 0.942 bits per heavy atom. The average Bonchev–Trinajstić information content (AvgIpc) is 0.875. The summed E-state index contributed by atoms with van der Waals surface area (Å²) in [5.41, 5.74) is 0. The van der Waals surface area contributed by atoms with Crippen LogP contribution >= 0.6 is 0 Å². The Bertz CT molecular complexity index is 2330. The number of hydrogen-bond donors (Lipinski definition) is 24. The maximum atomic E-state index is 13.4. The van der Waals surface area contributed by atoms with Crippen LogP contribution in [-0.4, -0.2) is 378 Å². The molecule has 0 saturated carbocycles. The summed E-state index contributed by atoms with van der Waals surface area (Å²) in [6, 6.07) is -2.14. The van der Waals surface area contributed by atoms with E-state index in [1.54, 1.807) is 0 Å². The summed E-state index contributed by atoms with van der Waals surface area (Å²) in [4.78, 5) is 39.5. The zero-order chi connectivity index (χ0) is 64.4. The van der Waals surface area contributed by atoms with Crippen LogP contribution in [0.5, 0.6) is 0 Å². The molecule has 0 unspecified atom stereocenters. The molecule has 0 spiro atoms. The second-order valence-corrected chi connectivity index (χ2v) is 22.0. The first-order chi connectivity index (χ1) is 40.1. The number of amides is 1. The minimum absolute atomic E-state index is 0.838. The number of nitrogens with one attached hydrogen (secondary N) is 1. The fourth-order valence-corrected chi connectivity index (χ4v) is 10.7. The van der Waals surface area contributed by atoms with Crippen molar-refractivity contribution >= 4 is 28.2 Å². The molecule has 500 valence electrons. The molecule has 6 saturated heterocycles. The minimum atomic E-state index is -5.28. The zero-order valence-electron chi connectivity index (χ0n) is 44.6. The van der Waals surface area contributed by atoms with Crippen LogP contribution in [0.4, 0.5) is 0 Å². The Kier molecular flexibility index (Phi) is 24.8. The first kappa shape index (κ1) is 72.1. The second kappa shape index (κ2) is 29.5. The number of aliphatic hydroxyl groups excluding tert-OH is 20. The summed E-state index contributed by atoms with van der Waals surface area (Å²) in [6.45, 7) is -6.84. The van der Waals surface area contributed by atoms with Gasteiger partial charge in [0.2, 0.25) is 5.91 Å². The molecule has 0 aromatic rings. The quantitative estimate of drug-likeness (QED) is 0.0377. The predicted octanol–water partition coefficient (Wildman–Crippen LogP) is -15.7. The summed E-state index contributed by atoms with van der Waals surface area (Å²) in [6.07, 6.45) is -69.9. The molecule has 1 amide bonds. The van der Waals surface area contributed by atoms with Gasteiger partial charge in [0.15, 0.2) is 25.2 Å². The van der Waals surface area contributed by atoms with Crippen molar-refractivity contribution < 1.29 is 196 Å². The van der Waals surface area contributed by atoms with Gasteiger partial charge in [0.25, 0.3) is 11.6 Å². The maximum absolute atomic E-state index is 13.4. The van der Waals surface area contributed by atoms with Gasteiger partial charge in [-0.25, -0.2) is 13.8 Å². The van der Waals surface area contributed by atoms with E-state index in [2.05, 4.69) is 9.50 Å². The van der Waals surface area contributed by atoms with Crippen molar-refractivity contribution in [3.63, 3.8) is 0 Å². The third-order valence-corrected chi connectivity index (χ3v) is 15.4. The lowest BCUT2D eigenvalue weighted by atomic mass is 9.90. The lowest BCUT2D eigenvalue weighted by Gasteiger charge is -2.52. The number of aliphatic hydroxyl groups is 20. The maximum Gasteiger partial charge on any atom is 0.397 e. The van der Waals surface area contributed by atoms with Gasteiger partial charge in [-0.3, -0.25) is 9.35 Å². The van der Waals surface area contributed by atoms with E-state index in [0.717, 1.165) is 6.92 Å². The van der Waals surface area contributed by atoms with Gasteiger partial charge >= 0.3 is 22.3 Å². The zero-order valence-corrected chi connectivity index (χ0v) is 45.4. The molecule has 41 nitrogen and oxygen atoms in total. The number of hydrogen-bond acceptors (Lipinski definition) is 37. The topological polar surface area (TPSA) is 673 Å². The van der Waals surface area contributed by atoms with Gasteiger partial charge in [-0.15, -0.1) is 0 Å². The van der Waals surface area contributed by atoms with Crippen molar-refractivity contribution in [3.8, 4) is 0 Å². The fourth-order valence-electron chi connectivity index (χ4n) is 10.4. The van der Waals surface area contributed by atoms with Crippen LogP contribution < -0.4 is 5.32 Å². The van der Waals surface area contributed by atoms with Crippen molar-refractivity contribution in [2.75, 3.05) is 39.6 Å². The van der Waals surface area contributed by atoms with Crippen LogP contribution in [0.2, 0.25) is 0 Å². The number of carbonyl (C=O) groups is 3. The molecular formula is C44H73NO40S. The highest BCUT2D eigenvalue weighted by atomic mass is 32.3. The molecular weight excluding hydrogens is 1210 g/mol. The van der Waals surface area contributed by atoms with Crippen LogP contribution in [0.15, 0.2) is 0 Å². The third kappa shape index (κ3) is 15.5.